The summed E-state index contributed by atoms with van der Waals surface area (Å²) >= 11 is 3.53. The van der Waals surface area contributed by atoms with Gasteiger partial charge in [-0.05, 0) is 59.6 Å². The number of carbonyl (C=O) groups is 1. The Labute approximate surface area is 221 Å². The Kier molecular flexibility index (Phi) is 6.63. The van der Waals surface area contributed by atoms with Gasteiger partial charge in [0.1, 0.15) is 12.4 Å². The molecular weight excluding hydrogens is 545 g/mol. The van der Waals surface area contributed by atoms with Crippen molar-refractivity contribution in [2.24, 2.45) is 0 Å². The first-order valence-corrected chi connectivity index (χ1v) is 12.7. The van der Waals surface area contributed by atoms with Crippen LogP contribution in [0.5, 0.6) is 11.5 Å². The van der Waals surface area contributed by atoms with Gasteiger partial charge in [-0.15, -0.1) is 0 Å². The maximum atomic E-state index is 14.1. The molecule has 0 radical (unpaired) electrons. The van der Waals surface area contributed by atoms with Crippen LogP contribution in [0.2, 0.25) is 0 Å². The zero-order valence-electron chi connectivity index (χ0n) is 20.2. The summed E-state index contributed by atoms with van der Waals surface area (Å²) in [5.41, 5.74) is 0.612. The average molecular weight is 570 g/mol. The average Bonchev–Trinajstić information content (AvgIpc) is 3.33. The zero-order chi connectivity index (χ0) is 26.3. The molecule has 192 valence electrons. The highest BCUT2D eigenvalue weighted by Gasteiger charge is 2.67. The Balaban J connectivity index is 1.55. The molecule has 1 amide bonds. The van der Waals surface area contributed by atoms with Crippen LogP contribution in [0.4, 0.5) is 10.1 Å². The van der Waals surface area contributed by atoms with E-state index >= 15 is 0 Å². The first-order valence-electron chi connectivity index (χ1n) is 11.9. The van der Waals surface area contributed by atoms with Gasteiger partial charge in [-0.2, -0.15) is 0 Å². The largest absolute Gasteiger partial charge is 0.490 e. The maximum absolute atomic E-state index is 14.1. The van der Waals surface area contributed by atoms with Crippen LogP contribution in [0.3, 0.4) is 0 Å². The number of carbonyl (C=O) groups excluding carboxylic acids is 1. The smallest absolute Gasteiger partial charge is 0.256 e. The van der Waals surface area contributed by atoms with E-state index < -0.39 is 29.4 Å². The molecule has 1 saturated heterocycles. The number of fused-ring (bicyclic) bond motifs is 2. The Bertz CT molecular complexity index is 1390. The van der Waals surface area contributed by atoms with Gasteiger partial charge in [0.2, 0.25) is 0 Å². The molecule has 0 aromatic heterocycles. The number of hydrogen-bond acceptors (Lipinski definition) is 6. The molecule has 1 fully saturated rings. The number of nitrogens with one attached hydrogen (secondary N) is 2. The van der Waals surface area contributed by atoms with Crippen LogP contribution in [-0.2, 0) is 16.9 Å². The lowest BCUT2D eigenvalue weighted by atomic mass is 9.78. The fraction of sp³-hybridized carbons (Fsp3) is 0.296. The van der Waals surface area contributed by atoms with Crippen molar-refractivity contribution in [3.05, 3.63) is 97.8 Å². The Morgan fingerprint density at radius 2 is 1.86 bits per heavy atom. The molecule has 3 aromatic rings. The van der Waals surface area contributed by atoms with Gasteiger partial charge in [0, 0.05) is 27.8 Å². The number of ether oxygens (including phenoxy) is 2. The standard InChI is InChI=1S/C27H25BrFN3O5/c1-3-36-22-13-17(12-19(28)24(22)37-14-16-8-4-6-10-20(16)29)23-15(2)31-27(25(23)32(34)35)18-9-5-7-11-21(18)30-26(27)33/h4-13,15,23,25,31H,3,14H2,1-2H3,(H,30,33)/t15-,23-,25-,27+/m0/s1. The molecule has 0 aliphatic carbocycles. The fourth-order valence-electron chi connectivity index (χ4n) is 5.50. The lowest BCUT2D eigenvalue weighted by Crippen LogP contribution is -2.54. The fourth-order valence-corrected chi connectivity index (χ4v) is 6.08. The number of benzene rings is 3. The number of anilines is 1. The number of amides is 1. The van der Waals surface area contributed by atoms with Crippen molar-refractivity contribution in [1.29, 1.82) is 0 Å². The normalized spacial score (nSPS) is 24.1. The molecule has 37 heavy (non-hydrogen) atoms. The summed E-state index contributed by atoms with van der Waals surface area (Å²) in [5.74, 6) is -0.756. The van der Waals surface area contributed by atoms with E-state index in [-0.39, 0.29) is 17.3 Å². The molecule has 0 bridgehead atoms. The minimum atomic E-state index is -1.51. The van der Waals surface area contributed by atoms with Crippen LogP contribution in [0, 0.1) is 15.9 Å². The summed E-state index contributed by atoms with van der Waals surface area (Å²) in [6, 6.07) is 15.1. The van der Waals surface area contributed by atoms with Gasteiger partial charge in [-0.3, -0.25) is 20.2 Å². The first kappa shape index (κ1) is 25.2. The quantitative estimate of drug-likeness (QED) is 0.302. The minimum Gasteiger partial charge on any atom is -0.490 e. The zero-order valence-corrected chi connectivity index (χ0v) is 21.8. The van der Waals surface area contributed by atoms with E-state index in [0.717, 1.165) is 0 Å². The second kappa shape index (κ2) is 9.75. The van der Waals surface area contributed by atoms with Crippen molar-refractivity contribution in [3.8, 4) is 11.5 Å². The van der Waals surface area contributed by atoms with E-state index in [0.29, 0.717) is 45.0 Å². The molecule has 0 saturated carbocycles. The second-order valence-corrected chi connectivity index (χ2v) is 9.99. The third kappa shape index (κ3) is 4.14. The lowest BCUT2D eigenvalue weighted by Gasteiger charge is -2.26. The summed E-state index contributed by atoms with van der Waals surface area (Å²) in [7, 11) is 0. The summed E-state index contributed by atoms with van der Waals surface area (Å²) in [4.78, 5) is 25.5. The topological polar surface area (TPSA) is 103 Å². The van der Waals surface area contributed by atoms with Crippen molar-refractivity contribution in [2.75, 3.05) is 11.9 Å². The first-order chi connectivity index (χ1) is 17.8. The predicted molar refractivity (Wildman–Crippen MR) is 139 cm³/mol. The van der Waals surface area contributed by atoms with Crippen molar-refractivity contribution >= 4 is 27.5 Å². The summed E-state index contributed by atoms with van der Waals surface area (Å²) < 4.78 is 26.4. The summed E-state index contributed by atoms with van der Waals surface area (Å²) in [5, 5.41) is 18.7. The third-order valence-electron chi connectivity index (χ3n) is 7.01. The maximum Gasteiger partial charge on any atom is 0.256 e. The van der Waals surface area contributed by atoms with Gasteiger partial charge >= 0.3 is 0 Å². The van der Waals surface area contributed by atoms with Gasteiger partial charge < -0.3 is 14.8 Å². The van der Waals surface area contributed by atoms with E-state index in [9.17, 15) is 19.3 Å². The van der Waals surface area contributed by atoms with E-state index in [4.69, 9.17) is 9.47 Å². The molecular formula is C27H25BrFN3O5. The number of halogens is 2. The Morgan fingerprint density at radius 3 is 2.59 bits per heavy atom. The highest BCUT2D eigenvalue weighted by atomic mass is 79.9. The van der Waals surface area contributed by atoms with E-state index in [1.807, 2.05) is 13.8 Å². The van der Waals surface area contributed by atoms with Crippen molar-refractivity contribution in [2.45, 2.75) is 44.0 Å². The number of para-hydroxylation sites is 1. The van der Waals surface area contributed by atoms with Crippen molar-refractivity contribution in [1.82, 2.24) is 5.32 Å². The second-order valence-electron chi connectivity index (χ2n) is 9.14. The third-order valence-corrected chi connectivity index (χ3v) is 7.60. The Morgan fingerprint density at radius 1 is 1.14 bits per heavy atom. The van der Waals surface area contributed by atoms with Crippen molar-refractivity contribution < 1.29 is 23.6 Å². The molecule has 5 rings (SSSR count). The van der Waals surface area contributed by atoms with E-state index in [1.165, 1.54) is 6.07 Å². The molecule has 2 heterocycles. The minimum absolute atomic E-state index is 0.0241. The molecule has 1 spiro atoms. The van der Waals surface area contributed by atoms with E-state index in [2.05, 4.69) is 26.6 Å². The molecule has 2 aliphatic heterocycles. The predicted octanol–water partition coefficient (Wildman–Crippen LogP) is 5.13. The van der Waals surface area contributed by atoms with Crippen LogP contribution in [-0.4, -0.2) is 29.5 Å². The number of rotatable bonds is 7. The molecule has 3 aromatic carbocycles. The van der Waals surface area contributed by atoms with Crippen LogP contribution in [0.1, 0.15) is 36.5 Å². The molecule has 2 aliphatic rings. The van der Waals surface area contributed by atoms with Crippen LogP contribution < -0.4 is 20.1 Å². The number of hydrogen-bond donors (Lipinski definition) is 2. The van der Waals surface area contributed by atoms with Crippen LogP contribution >= 0.6 is 15.9 Å². The summed E-state index contributed by atoms with van der Waals surface area (Å²) in [6.45, 7) is 3.95. The summed E-state index contributed by atoms with van der Waals surface area (Å²) in [6.07, 6.45) is 0. The molecule has 0 unspecified atom stereocenters. The molecule has 10 heteroatoms. The van der Waals surface area contributed by atoms with Gasteiger partial charge in [0.05, 0.1) is 17.0 Å². The molecule has 4 atom stereocenters. The van der Waals surface area contributed by atoms with Crippen LogP contribution in [0.15, 0.2) is 65.1 Å². The number of nitro groups is 1. The number of nitrogens with zero attached hydrogens (tertiary/aromatic N) is 1. The van der Waals surface area contributed by atoms with Gasteiger partial charge in [-0.1, -0.05) is 36.4 Å². The SMILES string of the molecule is CCOc1cc([C@@H]2[C@H](C)N[C@@]3(C(=O)Nc4ccccc43)[C@H]2[N+](=O)[O-])cc(Br)c1OCc1ccccc1F. The van der Waals surface area contributed by atoms with Gasteiger partial charge in [-0.25, -0.2) is 4.39 Å². The molecule has 8 nitrogen and oxygen atoms in total. The highest BCUT2D eigenvalue weighted by molar-refractivity contribution is 9.10. The van der Waals surface area contributed by atoms with Crippen LogP contribution in [0.25, 0.3) is 0 Å². The van der Waals surface area contributed by atoms with Crippen molar-refractivity contribution in [3.63, 3.8) is 0 Å². The van der Waals surface area contributed by atoms with Gasteiger partial charge in [0.25, 0.3) is 11.9 Å². The van der Waals surface area contributed by atoms with E-state index in [1.54, 1.807) is 54.6 Å². The highest BCUT2D eigenvalue weighted by Crippen LogP contribution is 2.51. The lowest BCUT2D eigenvalue weighted by molar-refractivity contribution is -0.532. The monoisotopic (exact) mass is 569 g/mol. The Hall–Kier alpha value is -3.50. The van der Waals surface area contributed by atoms with Gasteiger partial charge in [0.15, 0.2) is 17.0 Å². The molecule has 2 N–H and O–H groups in total.